The maximum Gasteiger partial charge on any atom is 0.253 e. The Morgan fingerprint density at radius 2 is 2.04 bits per heavy atom. The van der Waals surface area contributed by atoms with E-state index in [1.54, 1.807) is 18.5 Å². The van der Waals surface area contributed by atoms with Crippen LogP contribution in [0.3, 0.4) is 0 Å². The monoisotopic (exact) mass is 378 g/mol. The van der Waals surface area contributed by atoms with Gasteiger partial charge in [-0.05, 0) is 62.9 Å². The number of likely N-dealkylation sites (tertiary alicyclic amines) is 1. The maximum absolute atomic E-state index is 12.6. The van der Waals surface area contributed by atoms with Crippen molar-refractivity contribution < 1.29 is 14.4 Å². The van der Waals surface area contributed by atoms with E-state index >= 15 is 0 Å². The van der Waals surface area contributed by atoms with Gasteiger partial charge in [0.1, 0.15) is 17.8 Å². The van der Waals surface area contributed by atoms with Gasteiger partial charge < -0.3 is 14.5 Å². The standard InChI is InChI=1S/C21H22N4O3/c1-13-20(14(2)28-24-13)19-10-17(22-12-23-19)9-15-7-8-25(11-15)21(27)16-3-5-18(26)6-4-16/h3-6,10,12,15,26H,7-9,11H2,1-2H3/t15-/m0/s1. The molecule has 3 heterocycles. The predicted octanol–water partition coefficient (Wildman–Crippen LogP) is 3.16. The lowest BCUT2D eigenvalue weighted by molar-refractivity contribution is 0.0787. The van der Waals surface area contributed by atoms with E-state index in [-0.39, 0.29) is 11.7 Å². The van der Waals surface area contributed by atoms with Crippen molar-refractivity contribution in [3.05, 3.63) is 59.4 Å². The summed E-state index contributed by atoms with van der Waals surface area (Å²) in [6.45, 7) is 5.20. The minimum Gasteiger partial charge on any atom is -0.508 e. The van der Waals surface area contributed by atoms with Crippen LogP contribution < -0.4 is 0 Å². The molecule has 4 rings (SSSR count). The lowest BCUT2D eigenvalue weighted by atomic mass is 10.0. The molecule has 1 aromatic carbocycles. The highest BCUT2D eigenvalue weighted by molar-refractivity contribution is 5.94. The van der Waals surface area contributed by atoms with Gasteiger partial charge in [0.2, 0.25) is 0 Å². The first-order chi connectivity index (χ1) is 13.5. The highest BCUT2D eigenvalue weighted by Gasteiger charge is 2.27. The van der Waals surface area contributed by atoms with E-state index in [2.05, 4.69) is 15.1 Å². The fraction of sp³-hybridized carbons (Fsp3) is 0.333. The Hall–Kier alpha value is -3.22. The SMILES string of the molecule is Cc1noc(C)c1-c1cc(C[C@@H]2CCN(C(=O)c3ccc(O)cc3)C2)ncn1. The zero-order chi connectivity index (χ0) is 19.7. The van der Waals surface area contributed by atoms with Gasteiger partial charge in [-0.25, -0.2) is 9.97 Å². The summed E-state index contributed by atoms with van der Waals surface area (Å²) in [4.78, 5) is 23.3. The Labute approximate surface area is 163 Å². The first-order valence-corrected chi connectivity index (χ1v) is 9.33. The van der Waals surface area contributed by atoms with Gasteiger partial charge in [-0.3, -0.25) is 4.79 Å². The topological polar surface area (TPSA) is 92.4 Å². The molecule has 3 aromatic rings. The van der Waals surface area contributed by atoms with Crippen LogP contribution in [0.25, 0.3) is 11.3 Å². The van der Waals surface area contributed by atoms with E-state index in [1.807, 2.05) is 24.8 Å². The van der Waals surface area contributed by atoms with E-state index in [0.29, 0.717) is 18.0 Å². The van der Waals surface area contributed by atoms with Crippen LogP contribution in [0.5, 0.6) is 5.75 Å². The quantitative estimate of drug-likeness (QED) is 0.750. The van der Waals surface area contributed by atoms with Crippen molar-refractivity contribution >= 4 is 5.91 Å². The molecular weight excluding hydrogens is 356 g/mol. The fourth-order valence-electron chi connectivity index (χ4n) is 3.76. The molecule has 1 fully saturated rings. The fourth-order valence-corrected chi connectivity index (χ4v) is 3.76. The molecule has 1 N–H and O–H groups in total. The van der Waals surface area contributed by atoms with E-state index in [9.17, 15) is 9.90 Å². The van der Waals surface area contributed by atoms with Gasteiger partial charge >= 0.3 is 0 Å². The molecule has 0 unspecified atom stereocenters. The lowest BCUT2D eigenvalue weighted by Crippen LogP contribution is -2.28. The Kier molecular flexibility index (Phi) is 4.81. The second-order valence-electron chi connectivity index (χ2n) is 7.25. The molecule has 0 aliphatic carbocycles. The van der Waals surface area contributed by atoms with Gasteiger partial charge in [0.05, 0.1) is 17.0 Å². The average Bonchev–Trinajstić information content (AvgIpc) is 3.28. The zero-order valence-corrected chi connectivity index (χ0v) is 15.9. The van der Waals surface area contributed by atoms with Crippen LogP contribution in [0.2, 0.25) is 0 Å². The van der Waals surface area contributed by atoms with Gasteiger partial charge in [0.25, 0.3) is 5.91 Å². The third kappa shape index (κ3) is 3.60. The van der Waals surface area contributed by atoms with Gasteiger partial charge in [-0.1, -0.05) is 5.16 Å². The number of aromatic nitrogens is 3. The average molecular weight is 378 g/mol. The summed E-state index contributed by atoms with van der Waals surface area (Å²) >= 11 is 0. The second-order valence-corrected chi connectivity index (χ2v) is 7.25. The molecule has 2 aromatic heterocycles. The zero-order valence-electron chi connectivity index (χ0n) is 15.9. The summed E-state index contributed by atoms with van der Waals surface area (Å²) in [6.07, 6.45) is 3.30. The van der Waals surface area contributed by atoms with Crippen LogP contribution in [0.1, 0.15) is 33.9 Å². The summed E-state index contributed by atoms with van der Waals surface area (Å²) in [5, 5.41) is 13.4. The first kappa shape index (κ1) is 18.2. The second kappa shape index (κ2) is 7.42. The number of rotatable bonds is 4. The first-order valence-electron chi connectivity index (χ1n) is 9.33. The van der Waals surface area contributed by atoms with Crippen LogP contribution in [0, 0.1) is 19.8 Å². The molecule has 1 aliphatic rings. The highest BCUT2D eigenvalue weighted by Crippen LogP contribution is 2.27. The summed E-state index contributed by atoms with van der Waals surface area (Å²) in [5.74, 6) is 1.26. The molecule has 0 spiro atoms. The molecule has 144 valence electrons. The van der Waals surface area contributed by atoms with E-state index in [1.165, 1.54) is 12.1 Å². The molecule has 1 atom stereocenters. The number of carbonyl (C=O) groups excluding carboxylic acids is 1. The van der Waals surface area contributed by atoms with Crippen LogP contribution in [-0.4, -0.2) is 44.1 Å². The maximum atomic E-state index is 12.6. The Bertz CT molecular complexity index is 978. The van der Waals surface area contributed by atoms with E-state index in [0.717, 1.165) is 47.8 Å². The number of carbonyl (C=O) groups is 1. The van der Waals surface area contributed by atoms with Gasteiger partial charge in [-0.2, -0.15) is 0 Å². The molecule has 1 saturated heterocycles. The number of phenolic OH excluding ortho intramolecular Hbond substituents is 1. The number of hydrogen-bond acceptors (Lipinski definition) is 6. The number of nitrogens with zero attached hydrogens (tertiary/aromatic N) is 4. The third-order valence-electron chi connectivity index (χ3n) is 5.20. The van der Waals surface area contributed by atoms with E-state index < -0.39 is 0 Å². The molecule has 0 saturated carbocycles. The van der Waals surface area contributed by atoms with Crippen LogP contribution >= 0.6 is 0 Å². The van der Waals surface area contributed by atoms with Crippen LogP contribution in [0.15, 0.2) is 41.2 Å². The van der Waals surface area contributed by atoms with Crippen LogP contribution in [-0.2, 0) is 6.42 Å². The molecule has 28 heavy (non-hydrogen) atoms. The number of amides is 1. The largest absolute Gasteiger partial charge is 0.508 e. The van der Waals surface area contributed by atoms with Gasteiger partial charge in [-0.15, -0.1) is 0 Å². The number of hydrogen-bond donors (Lipinski definition) is 1. The summed E-state index contributed by atoms with van der Waals surface area (Å²) in [6, 6.07) is 8.38. The smallest absolute Gasteiger partial charge is 0.253 e. The van der Waals surface area contributed by atoms with Crippen molar-refractivity contribution in [2.75, 3.05) is 13.1 Å². The Morgan fingerprint density at radius 1 is 1.25 bits per heavy atom. The van der Waals surface area contributed by atoms with Crippen LogP contribution in [0.4, 0.5) is 0 Å². The molecule has 1 amide bonds. The number of phenols is 1. The van der Waals surface area contributed by atoms with Crippen molar-refractivity contribution in [1.82, 2.24) is 20.0 Å². The highest BCUT2D eigenvalue weighted by atomic mass is 16.5. The lowest BCUT2D eigenvalue weighted by Gasteiger charge is -2.16. The molecule has 1 aliphatic heterocycles. The van der Waals surface area contributed by atoms with Crippen molar-refractivity contribution in [1.29, 1.82) is 0 Å². The van der Waals surface area contributed by atoms with Gasteiger partial charge in [0, 0.05) is 24.3 Å². The summed E-state index contributed by atoms with van der Waals surface area (Å²) < 4.78 is 5.24. The predicted molar refractivity (Wildman–Crippen MR) is 103 cm³/mol. The molecule has 0 bridgehead atoms. The van der Waals surface area contributed by atoms with Gasteiger partial charge in [0.15, 0.2) is 0 Å². The summed E-state index contributed by atoms with van der Waals surface area (Å²) in [7, 11) is 0. The normalized spacial score (nSPS) is 16.5. The van der Waals surface area contributed by atoms with Crippen molar-refractivity contribution in [2.45, 2.75) is 26.7 Å². The molecule has 0 radical (unpaired) electrons. The minimum atomic E-state index is 0.00148. The third-order valence-corrected chi connectivity index (χ3v) is 5.20. The molecule has 7 heteroatoms. The number of aromatic hydroxyl groups is 1. The summed E-state index contributed by atoms with van der Waals surface area (Å²) in [5.41, 5.74) is 4.10. The van der Waals surface area contributed by atoms with Crippen molar-refractivity contribution in [3.8, 4) is 17.0 Å². The van der Waals surface area contributed by atoms with Crippen molar-refractivity contribution in [2.24, 2.45) is 5.92 Å². The minimum absolute atomic E-state index is 0.00148. The Morgan fingerprint density at radius 3 is 2.75 bits per heavy atom. The number of benzene rings is 1. The number of aryl methyl sites for hydroxylation is 2. The molecular formula is C21H22N4O3. The van der Waals surface area contributed by atoms with E-state index in [4.69, 9.17) is 4.52 Å². The Balaban J connectivity index is 1.44. The van der Waals surface area contributed by atoms with Crippen molar-refractivity contribution in [3.63, 3.8) is 0 Å². The molecule has 7 nitrogen and oxygen atoms in total.